The standard InChI is InChI=1S/C15H19Br3/c1-10-8-15(18)12(9-14(10)17)13(16)7-6-11-4-2-3-5-11/h8-9,11,13H,2-7H2,1H3. The van der Waals surface area contributed by atoms with E-state index in [0.29, 0.717) is 4.83 Å². The van der Waals surface area contributed by atoms with Gasteiger partial charge in [-0.05, 0) is 48.9 Å². The summed E-state index contributed by atoms with van der Waals surface area (Å²) < 4.78 is 2.42. The van der Waals surface area contributed by atoms with E-state index < -0.39 is 0 Å². The van der Waals surface area contributed by atoms with Crippen molar-refractivity contribution in [2.24, 2.45) is 5.92 Å². The van der Waals surface area contributed by atoms with Crippen LogP contribution in [0, 0.1) is 12.8 Å². The van der Waals surface area contributed by atoms with Gasteiger partial charge in [0.15, 0.2) is 0 Å². The first-order chi connectivity index (χ1) is 8.58. The number of benzene rings is 1. The molecule has 0 heterocycles. The molecule has 18 heavy (non-hydrogen) atoms. The van der Waals surface area contributed by atoms with Gasteiger partial charge < -0.3 is 0 Å². The van der Waals surface area contributed by atoms with Crippen LogP contribution in [0.15, 0.2) is 21.1 Å². The van der Waals surface area contributed by atoms with E-state index in [1.165, 1.54) is 58.6 Å². The molecule has 100 valence electrons. The fourth-order valence-corrected chi connectivity index (χ4v) is 4.78. The Labute approximate surface area is 135 Å². The minimum Gasteiger partial charge on any atom is -0.0838 e. The minimum atomic E-state index is 0.462. The largest absolute Gasteiger partial charge is 0.0838 e. The van der Waals surface area contributed by atoms with Gasteiger partial charge in [0, 0.05) is 13.8 Å². The summed E-state index contributed by atoms with van der Waals surface area (Å²) in [4.78, 5) is 0.462. The van der Waals surface area contributed by atoms with Crippen molar-refractivity contribution in [2.45, 2.75) is 50.3 Å². The summed E-state index contributed by atoms with van der Waals surface area (Å²) in [6.07, 6.45) is 8.36. The number of aryl methyl sites for hydroxylation is 1. The van der Waals surface area contributed by atoms with Crippen molar-refractivity contribution in [3.8, 4) is 0 Å². The third-order valence-corrected chi connectivity index (χ3v) is 6.41. The molecular weight excluding hydrogens is 420 g/mol. The van der Waals surface area contributed by atoms with E-state index in [1.54, 1.807) is 0 Å². The van der Waals surface area contributed by atoms with Gasteiger partial charge in [0.25, 0.3) is 0 Å². The topological polar surface area (TPSA) is 0 Å². The molecule has 1 aliphatic carbocycles. The van der Waals surface area contributed by atoms with E-state index in [2.05, 4.69) is 66.8 Å². The zero-order chi connectivity index (χ0) is 13.1. The molecule has 0 aliphatic heterocycles. The highest BCUT2D eigenvalue weighted by Crippen LogP contribution is 2.39. The second-order valence-electron chi connectivity index (χ2n) is 5.32. The predicted octanol–water partition coefficient (Wildman–Crippen LogP) is 6.93. The second kappa shape index (κ2) is 6.90. The molecule has 0 spiro atoms. The zero-order valence-electron chi connectivity index (χ0n) is 10.7. The van der Waals surface area contributed by atoms with Gasteiger partial charge in [-0.25, -0.2) is 0 Å². The zero-order valence-corrected chi connectivity index (χ0v) is 15.4. The fraction of sp³-hybridized carbons (Fsp3) is 0.600. The average molecular weight is 439 g/mol. The van der Waals surface area contributed by atoms with E-state index in [0.717, 1.165) is 5.92 Å². The van der Waals surface area contributed by atoms with Crippen molar-refractivity contribution in [2.75, 3.05) is 0 Å². The van der Waals surface area contributed by atoms with Crippen LogP contribution in [0.3, 0.4) is 0 Å². The third-order valence-electron chi connectivity index (χ3n) is 3.92. The Morgan fingerprint density at radius 1 is 1.17 bits per heavy atom. The van der Waals surface area contributed by atoms with Gasteiger partial charge in [0.05, 0.1) is 0 Å². The lowest BCUT2D eigenvalue weighted by Crippen LogP contribution is -1.98. The van der Waals surface area contributed by atoms with Crippen LogP contribution in [0.5, 0.6) is 0 Å². The molecule has 0 aromatic heterocycles. The number of alkyl halides is 1. The Bertz CT molecular complexity index is 408. The molecule has 0 nitrogen and oxygen atoms in total. The summed E-state index contributed by atoms with van der Waals surface area (Å²) >= 11 is 11.2. The number of halogens is 3. The molecule has 2 rings (SSSR count). The van der Waals surface area contributed by atoms with Gasteiger partial charge in [-0.3, -0.25) is 0 Å². The van der Waals surface area contributed by atoms with Crippen LogP contribution in [0.25, 0.3) is 0 Å². The molecule has 1 unspecified atom stereocenters. The van der Waals surface area contributed by atoms with Crippen molar-refractivity contribution in [3.63, 3.8) is 0 Å². The highest BCUT2D eigenvalue weighted by Gasteiger charge is 2.18. The molecule has 0 saturated heterocycles. The minimum absolute atomic E-state index is 0.462. The molecule has 0 N–H and O–H groups in total. The Kier molecular flexibility index (Phi) is 5.77. The molecule has 1 aromatic carbocycles. The van der Waals surface area contributed by atoms with E-state index >= 15 is 0 Å². The summed E-state index contributed by atoms with van der Waals surface area (Å²) in [7, 11) is 0. The summed E-state index contributed by atoms with van der Waals surface area (Å²) in [5.74, 6) is 0.970. The van der Waals surface area contributed by atoms with Crippen LogP contribution < -0.4 is 0 Å². The van der Waals surface area contributed by atoms with Crippen molar-refractivity contribution in [1.29, 1.82) is 0 Å². The molecule has 1 atom stereocenters. The predicted molar refractivity (Wildman–Crippen MR) is 89.4 cm³/mol. The van der Waals surface area contributed by atoms with Crippen LogP contribution in [0.1, 0.15) is 54.5 Å². The van der Waals surface area contributed by atoms with Crippen LogP contribution in [-0.4, -0.2) is 0 Å². The van der Waals surface area contributed by atoms with Crippen molar-refractivity contribution >= 4 is 47.8 Å². The number of rotatable bonds is 4. The van der Waals surface area contributed by atoms with Gasteiger partial charge >= 0.3 is 0 Å². The number of hydrogen-bond donors (Lipinski definition) is 0. The lowest BCUT2D eigenvalue weighted by molar-refractivity contribution is 0.482. The summed E-state index contributed by atoms with van der Waals surface area (Å²) in [5.41, 5.74) is 2.64. The average Bonchev–Trinajstić information content (AvgIpc) is 2.84. The Morgan fingerprint density at radius 2 is 1.83 bits per heavy atom. The normalized spacial score (nSPS) is 18.2. The van der Waals surface area contributed by atoms with E-state index in [-0.39, 0.29) is 0 Å². The lowest BCUT2D eigenvalue weighted by Gasteiger charge is -2.16. The maximum absolute atomic E-state index is 3.85. The first-order valence-corrected chi connectivity index (χ1v) is 9.17. The SMILES string of the molecule is Cc1cc(Br)c(C(Br)CCC2CCCC2)cc1Br. The first-order valence-electron chi connectivity index (χ1n) is 6.67. The van der Waals surface area contributed by atoms with Crippen LogP contribution in [0.2, 0.25) is 0 Å². The van der Waals surface area contributed by atoms with Crippen LogP contribution in [0.4, 0.5) is 0 Å². The summed E-state index contributed by atoms with van der Waals surface area (Å²) in [5, 5.41) is 0. The molecule has 0 bridgehead atoms. The molecule has 0 radical (unpaired) electrons. The first kappa shape index (κ1) is 15.1. The highest BCUT2D eigenvalue weighted by molar-refractivity contribution is 9.11. The third kappa shape index (κ3) is 3.83. The second-order valence-corrected chi connectivity index (χ2v) is 8.13. The number of hydrogen-bond acceptors (Lipinski definition) is 0. The Morgan fingerprint density at radius 3 is 2.50 bits per heavy atom. The van der Waals surface area contributed by atoms with Gasteiger partial charge in [-0.15, -0.1) is 0 Å². The molecular formula is C15H19Br3. The Balaban J connectivity index is 1.99. The van der Waals surface area contributed by atoms with E-state index in [4.69, 9.17) is 0 Å². The molecule has 1 aromatic rings. The lowest BCUT2D eigenvalue weighted by atomic mass is 9.98. The monoisotopic (exact) mass is 436 g/mol. The van der Waals surface area contributed by atoms with Gasteiger partial charge in [0.1, 0.15) is 0 Å². The maximum atomic E-state index is 3.85. The van der Waals surface area contributed by atoms with Crippen molar-refractivity contribution in [1.82, 2.24) is 0 Å². The van der Waals surface area contributed by atoms with Crippen molar-refractivity contribution in [3.05, 3.63) is 32.2 Å². The highest BCUT2D eigenvalue weighted by atomic mass is 79.9. The Hall–Kier alpha value is 0.660. The summed E-state index contributed by atoms with van der Waals surface area (Å²) in [6, 6.07) is 4.44. The quantitative estimate of drug-likeness (QED) is 0.447. The van der Waals surface area contributed by atoms with E-state index in [1.807, 2.05) is 0 Å². The summed E-state index contributed by atoms with van der Waals surface area (Å²) in [6.45, 7) is 2.13. The smallest absolute Gasteiger partial charge is 0.0407 e. The molecule has 1 fully saturated rings. The molecule has 0 amide bonds. The van der Waals surface area contributed by atoms with Gasteiger partial charge in [-0.1, -0.05) is 73.5 Å². The van der Waals surface area contributed by atoms with Gasteiger partial charge in [0.2, 0.25) is 0 Å². The van der Waals surface area contributed by atoms with Gasteiger partial charge in [-0.2, -0.15) is 0 Å². The molecule has 1 saturated carbocycles. The fourth-order valence-electron chi connectivity index (χ4n) is 2.74. The van der Waals surface area contributed by atoms with Crippen LogP contribution >= 0.6 is 47.8 Å². The maximum Gasteiger partial charge on any atom is 0.0407 e. The van der Waals surface area contributed by atoms with Crippen molar-refractivity contribution < 1.29 is 0 Å². The van der Waals surface area contributed by atoms with E-state index in [9.17, 15) is 0 Å². The molecule has 1 aliphatic rings. The van der Waals surface area contributed by atoms with Crippen LogP contribution in [-0.2, 0) is 0 Å². The molecule has 3 heteroatoms.